The van der Waals surface area contributed by atoms with Crippen LogP contribution in [0.4, 0.5) is 4.79 Å². The summed E-state index contributed by atoms with van der Waals surface area (Å²) in [6.07, 6.45) is 0.419. The fourth-order valence-corrected chi connectivity index (χ4v) is 2.20. The van der Waals surface area contributed by atoms with Crippen LogP contribution in [0.2, 0.25) is 0 Å². The van der Waals surface area contributed by atoms with Crippen molar-refractivity contribution < 1.29 is 23.4 Å². The van der Waals surface area contributed by atoms with Crippen LogP contribution in [0.25, 0.3) is 11.0 Å². The Hall–Kier alpha value is -3.28. The first-order chi connectivity index (χ1) is 12.1. The highest BCUT2D eigenvalue weighted by Gasteiger charge is 2.12. The van der Waals surface area contributed by atoms with Crippen molar-refractivity contribution in [3.05, 3.63) is 64.5 Å². The van der Waals surface area contributed by atoms with Crippen LogP contribution < -0.4 is 14.9 Å². The highest BCUT2D eigenvalue weighted by molar-refractivity contribution is 5.80. The smallest absolute Gasteiger partial charge is 0.460 e. The number of rotatable bonds is 4. The second-order valence-corrected chi connectivity index (χ2v) is 5.29. The standard InChI is InChI=1S/C19H16O6/c1-3-22-19(21)25-14-8-9-15-16(10-14)23-11-17(18(15)20)24-13-6-4-12(2)5-7-13/h4-11H,3H2,1-2H3. The lowest BCUT2D eigenvalue weighted by Gasteiger charge is -2.07. The summed E-state index contributed by atoms with van der Waals surface area (Å²) in [5, 5.41) is 0.320. The molecule has 0 atom stereocenters. The van der Waals surface area contributed by atoms with Crippen LogP contribution in [-0.2, 0) is 4.74 Å². The Morgan fingerprint density at radius 3 is 2.52 bits per heavy atom. The maximum atomic E-state index is 12.5. The van der Waals surface area contributed by atoms with Crippen LogP contribution in [0.5, 0.6) is 17.2 Å². The predicted molar refractivity (Wildman–Crippen MR) is 91.4 cm³/mol. The zero-order valence-electron chi connectivity index (χ0n) is 13.8. The van der Waals surface area contributed by atoms with Gasteiger partial charge < -0.3 is 18.6 Å². The summed E-state index contributed by atoms with van der Waals surface area (Å²) in [4.78, 5) is 23.9. The lowest BCUT2D eigenvalue weighted by atomic mass is 10.2. The third-order valence-corrected chi connectivity index (χ3v) is 3.43. The van der Waals surface area contributed by atoms with Gasteiger partial charge in [0, 0.05) is 6.07 Å². The van der Waals surface area contributed by atoms with Gasteiger partial charge in [0.15, 0.2) is 0 Å². The van der Waals surface area contributed by atoms with Crippen LogP contribution in [0, 0.1) is 6.92 Å². The number of hydrogen-bond donors (Lipinski definition) is 0. The largest absolute Gasteiger partial charge is 0.513 e. The first kappa shape index (κ1) is 16.6. The van der Waals surface area contributed by atoms with Gasteiger partial charge >= 0.3 is 6.16 Å². The summed E-state index contributed by atoms with van der Waals surface area (Å²) >= 11 is 0. The average Bonchev–Trinajstić information content (AvgIpc) is 2.59. The maximum Gasteiger partial charge on any atom is 0.513 e. The Morgan fingerprint density at radius 1 is 1.08 bits per heavy atom. The Morgan fingerprint density at radius 2 is 1.80 bits per heavy atom. The second-order valence-electron chi connectivity index (χ2n) is 5.29. The zero-order chi connectivity index (χ0) is 17.8. The van der Waals surface area contributed by atoms with Gasteiger partial charge in [0.1, 0.15) is 23.3 Å². The summed E-state index contributed by atoms with van der Waals surface area (Å²) in [7, 11) is 0. The van der Waals surface area contributed by atoms with Gasteiger partial charge in [0.25, 0.3) is 0 Å². The van der Waals surface area contributed by atoms with Crippen molar-refractivity contribution in [2.45, 2.75) is 13.8 Å². The first-order valence-electron chi connectivity index (χ1n) is 7.71. The van der Waals surface area contributed by atoms with Crippen LogP contribution in [0.3, 0.4) is 0 Å². The van der Waals surface area contributed by atoms with E-state index in [0.717, 1.165) is 5.56 Å². The summed E-state index contributed by atoms with van der Waals surface area (Å²) in [6.45, 7) is 3.85. The van der Waals surface area contributed by atoms with E-state index >= 15 is 0 Å². The van der Waals surface area contributed by atoms with Gasteiger partial charge in [-0.2, -0.15) is 0 Å². The molecule has 6 nitrogen and oxygen atoms in total. The molecular weight excluding hydrogens is 324 g/mol. The normalized spacial score (nSPS) is 10.5. The lowest BCUT2D eigenvalue weighted by Crippen LogP contribution is -2.10. The fraction of sp³-hybridized carbons (Fsp3) is 0.158. The number of ether oxygens (including phenoxy) is 3. The van der Waals surface area contributed by atoms with Gasteiger partial charge in [-0.15, -0.1) is 0 Å². The van der Waals surface area contributed by atoms with E-state index in [2.05, 4.69) is 0 Å². The van der Waals surface area contributed by atoms with Crippen molar-refractivity contribution in [2.75, 3.05) is 6.61 Å². The Balaban J connectivity index is 1.88. The minimum absolute atomic E-state index is 0.0791. The predicted octanol–water partition coefficient (Wildman–Crippen LogP) is 4.43. The molecule has 128 valence electrons. The van der Waals surface area contributed by atoms with Gasteiger partial charge in [-0.1, -0.05) is 17.7 Å². The van der Waals surface area contributed by atoms with Crippen LogP contribution in [-0.4, -0.2) is 12.8 Å². The van der Waals surface area contributed by atoms with E-state index in [1.54, 1.807) is 19.1 Å². The van der Waals surface area contributed by atoms with E-state index in [-0.39, 0.29) is 29.1 Å². The van der Waals surface area contributed by atoms with E-state index in [1.807, 2.05) is 19.1 Å². The molecule has 1 heterocycles. The molecule has 0 radical (unpaired) electrons. The number of carbonyl (C=O) groups is 1. The van der Waals surface area contributed by atoms with E-state index in [1.165, 1.54) is 24.5 Å². The third kappa shape index (κ3) is 3.80. The SMILES string of the molecule is CCOC(=O)Oc1ccc2c(=O)c(Oc3ccc(C)cc3)coc2c1. The Labute approximate surface area is 143 Å². The second kappa shape index (κ2) is 7.09. The van der Waals surface area contributed by atoms with Crippen molar-refractivity contribution in [2.24, 2.45) is 0 Å². The van der Waals surface area contributed by atoms with Gasteiger partial charge in [0.05, 0.1) is 12.0 Å². The molecule has 2 aromatic carbocycles. The number of carbonyl (C=O) groups excluding carboxylic acids is 1. The van der Waals surface area contributed by atoms with Crippen LogP contribution >= 0.6 is 0 Å². The van der Waals surface area contributed by atoms with Gasteiger partial charge in [-0.3, -0.25) is 4.79 Å². The fourth-order valence-electron chi connectivity index (χ4n) is 2.20. The molecule has 0 aliphatic rings. The van der Waals surface area contributed by atoms with E-state index < -0.39 is 6.16 Å². The summed E-state index contributed by atoms with van der Waals surface area (Å²) < 4.78 is 20.7. The minimum Gasteiger partial charge on any atom is -0.460 e. The topological polar surface area (TPSA) is 75.0 Å². The molecule has 0 unspecified atom stereocenters. The Bertz CT molecular complexity index is 956. The summed E-state index contributed by atoms with van der Waals surface area (Å²) in [5.41, 5.74) is 1.06. The zero-order valence-corrected chi connectivity index (χ0v) is 13.8. The maximum absolute atomic E-state index is 12.5. The highest BCUT2D eigenvalue weighted by Crippen LogP contribution is 2.24. The van der Waals surface area contributed by atoms with Gasteiger partial charge in [-0.05, 0) is 38.1 Å². The molecule has 0 fully saturated rings. The number of aryl methyl sites for hydroxylation is 1. The number of hydrogen-bond acceptors (Lipinski definition) is 6. The number of fused-ring (bicyclic) bond motifs is 1. The highest BCUT2D eigenvalue weighted by atomic mass is 16.7. The molecule has 25 heavy (non-hydrogen) atoms. The molecule has 0 spiro atoms. The van der Waals surface area contributed by atoms with E-state index in [0.29, 0.717) is 11.1 Å². The average molecular weight is 340 g/mol. The molecule has 6 heteroatoms. The van der Waals surface area contributed by atoms with Crippen molar-refractivity contribution in [1.82, 2.24) is 0 Å². The first-order valence-corrected chi connectivity index (χ1v) is 7.71. The molecule has 0 saturated heterocycles. The Kier molecular flexibility index (Phi) is 4.70. The summed E-state index contributed by atoms with van der Waals surface area (Å²) in [5.74, 6) is 0.844. The molecule has 3 aromatic rings. The molecule has 0 amide bonds. The molecule has 0 N–H and O–H groups in total. The molecule has 0 aliphatic carbocycles. The monoisotopic (exact) mass is 340 g/mol. The van der Waals surface area contributed by atoms with Crippen molar-refractivity contribution in [1.29, 1.82) is 0 Å². The molecular formula is C19H16O6. The summed E-state index contributed by atoms with van der Waals surface area (Å²) in [6, 6.07) is 11.8. The third-order valence-electron chi connectivity index (χ3n) is 3.43. The number of benzene rings is 2. The van der Waals surface area contributed by atoms with Crippen molar-refractivity contribution in [3.63, 3.8) is 0 Å². The van der Waals surface area contributed by atoms with Crippen molar-refractivity contribution >= 4 is 17.1 Å². The molecule has 0 aliphatic heterocycles. The molecule has 1 aromatic heterocycles. The minimum atomic E-state index is -0.816. The van der Waals surface area contributed by atoms with E-state index in [4.69, 9.17) is 18.6 Å². The molecule has 3 rings (SSSR count). The van der Waals surface area contributed by atoms with Crippen LogP contribution in [0.1, 0.15) is 12.5 Å². The van der Waals surface area contributed by atoms with Crippen LogP contribution in [0.15, 0.2) is 57.9 Å². The molecule has 0 saturated carbocycles. The van der Waals surface area contributed by atoms with Gasteiger partial charge in [-0.25, -0.2) is 4.79 Å². The quantitative estimate of drug-likeness (QED) is 0.517. The van der Waals surface area contributed by atoms with Crippen molar-refractivity contribution in [3.8, 4) is 17.2 Å². The van der Waals surface area contributed by atoms with Gasteiger partial charge in [0.2, 0.25) is 11.2 Å². The molecule has 0 bridgehead atoms. The van der Waals surface area contributed by atoms with E-state index in [9.17, 15) is 9.59 Å². The lowest BCUT2D eigenvalue weighted by molar-refractivity contribution is 0.104.